The SMILES string of the molecule is CC(C)CCN(Cc1ccc(F)cc1)Cc1cccc(-c2ccc(C(F)(F)F)cc2)c1. The van der Waals surface area contributed by atoms with Crippen molar-refractivity contribution in [2.75, 3.05) is 6.54 Å². The fourth-order valence-electron chi connectivity index (χ4n) is 3.46. The lowest BCUT2D eigenvalue weighted by Gasteiger charge is -2.24. The van der Waals surface area contributed by atoms with E-state index in [2.05, 4.69) is 18.7 Å². The highest BCUT2D eigenvalue weighted by Crippen LogP contribution is 2.31. The molecule has 0 unspecified atom stereocenters. The molecular weight excluding hydrogens is 402 g/mol. The normalized spacial score (nSPS) is 12.0. The molecule has 0 N–H and O–H groups in total. The zero-order valence-electron chi connectivity index (χ0n) is 17.8. The molecule has 0 heterocycles. The number of rotatable bonds is 8. The van der Waals surface area contributed by atoms with Gasteiger partial charge in [0.25, 0.3) is 0 Å². The minimum atomic E-state index is -4.34. The van der Waals surface area contributed by atoms with Gasteiger partial charge in [-0.25, -0.2) is 4.39 Å². The van der Waals surface area contributed by atoms with Gasteiger partial charge < -0.3 is 0 Å². The average Bonchev–Trinajstić information content (AvgIpc) is 2.73. The Balaban J connectivity index is 1.77. The second-order valence-electron chi connectivity index (χ2n) is 8.30. The van der Waals surface area contributed by atoms with Crippen LogP contribution in [-0.2, 0) is 19.3 Å². The summed E-state index contributed by atoms with van der Waals surface area (Å²) >= 11 is 0. The Morgan fingerprint density at radius 2 is 1.42 bits per heavy atom. The van der Waals surface area contributed by atoms with E-state index in [1.54, 1.807) is 12.1 Å². The van der Waals surface area contributed by atoms with Crippen molar-refractivity contribution < 1.29 is 17.6 Å². The molecule has 0 aliphatic carbocycles. The van der Waals surface area contributed by atoms with Crippen LogP contribution in [0.3, 0.4) is 0 Å². The second-order valence-corrected chi connectivity index (χ2v) is 8.30. The van der Waals surface area contributed by atoms with Crippen molar-refractivity contribution >= 4 is 0 Å². The molecule has 0 saturated heterocycles. The molecule has 164 valence electrons. The van der Waals surface area contributed by atoms with E-state index in [1.807, 2.05) is 24.3 Å². The van der Waals surface area contributed by atoms with Gasteiger partial charge in [-0.3, -0.25) is 4.90 Å². The van der Waals surface area contributed by atoms with E-state index >= 15 is 0 Å². The van der Waals surface area contributed by atoms with Gasteiger partial charge in [-0.1, -0.05) is 56.3 Å². The molecule has 0 aliphatic heterocycles. The van der Waals surface area contributed by atoms with Gasteiger partial charge in [0.15, 0.2) is 0 Å². The van der Waals surface area contributed by atoms with Gasteiger partial charge in [0, 0.05) is 13.1 Å². The molecule has 0 atom stereocenters. The number of nitrogens with zero attached hydrogens (tertiary/aromatic N) is 1. The lowest BCUT2D eigenvalue weighted by atomic mass is 10.0. The maximum Gasteiger partial charge on any atom is 0.416 e. The van der Waals surface area contributed by atoms with Crippen LogP contribution in [0.2, 0.25) is 0 Å². The Morgan fingerprint density at radius 3 is 2.03 bits per heavy atom. The van der Waals surface area contributed by atoms with Gasteiger partial charge in [-0.05, 0) is 71.5 Å². The maximum atomic E-state index is 13.2. The predicted octanol–water partition coefficient (Wildman–Crippen LogP) is 7.56. The summed E-state index contributed by atoms with van der Waals surface area (Å²) in [6.07, 6.45) is -3.29. The van der Waals surface area contributed by atoms with Crippen molar-refractivity contribution in [3.8, 4) is 11.1 Å². The summed E-state index contributed by atoms with van der Waals surface area (Å²) in [5, 5.41) is 0. The summed E-state index contributed by atoms with van der Waals surface area (Å²) < 4.78 is 51.7. The number of alkyl halides is 3. The van der Waals surface area contributed by atoms with E-state index in [-0.39, 0.29) is 5.82 Å². The largest absolute Gasteiger partial charge is 0.416 e. The number of hydrogen-bond acceptors (Lipinski definition) is 1. The summed E-state index contributed by atoms with van der Waals surface area (Å²) in [7, 11) is 0. The molecule has 5 heteroatoms. The van der Waals surface area contributed by atoms with Gasteiger partial charge in [-0.15, -0.1) is 0 Å². The first-order valence-corrected chi connectivity index (χ1v) is 10.4. The van der Waals surface area contributed by atoms with Crippen LogP contribution >= 0.6 is 0 Å². The molecule has 31 heavy (non-hydrogen) atoms. The van der Waals surface area contributed by atoms with Crippen molar-refractivity contribution in [1.29, 1.82) is 0 Å². The molecule has 0 amide bonds. The summed E-state index contributed by atoms with van der Waals surface area (Å²) in [6.45, 7) is 6.68. The van der Waals surface area contributed by atoms with Crippen LogP contribution in [-0.4, -0.2) is 11.4 Å². The first-order chi connectivity index (χ1) is 14.7. The topological polar surface area (TPSA) is 3.24 Å². The van der Waals surface area contributed by atoms with E-state index in [0.29, 0.717) is 19.0 Å². The molecule has 0 spiro atoms. The highest BCUT2D eigenvalue weighted by atomic mass is 19.4. The third-order valence-corrected chi connectivity index (χ3v) is 5.22. The third-order valence-electron chi connectivity index (χ3n) is 5.22. The zero-order chi connectivity index (χ0) is 22.4. The van der Waals surface area contributed by atoms with Crippen LogP contribution in [0.5, 0.6) is 0 Å². The fraction of sp³-hybridized carbons (Fsp3) is 0.308. The van der Waals surface area contributed by atoms with Crippen LogP contribution < -0.4 is 0 Å². The molecule has 0 aromatic heterocycles. The van der Waals surface area contributed by atoms with Crippen molar-refractivity contribution in [2.45, 2.75) is 39.5 Å². The molecule has 0 fully saturated rings. The Hall–Kier alpha value is -2.66. The highest BCUT2D eigenvalue weighted by Gasteiger charge is 2.29. The monoisotopic (exact) mass is 429 g/mol. The second kappa shape index (κ2) is 10.1. The molecule has 3 rings (SSSR count). The molecule has 3 aromatic rings. The Labute approximate surface area is 181 Å². The van der Waals surface area contributed by atoms with Gasteiger partial charge in [0.05, 0.1) is 5.56 Å². The van der Waals surface area contributed by atoms with Crippen molar-refractivity contribution in [2.24, 2.45) is 5.92 Å². The first kappa shape index (κ1) is 23.0. The number of benzene rings is 3. The number of halogens is 4. The minimum Gasteiger partial charge on any atom is -0.295 e. The van der Waals surface area contributed by atoms with Crippen molar-refractivity contribution in [3.63, 3.8) is 0 Å². The predicted molar refractivity (Wildman–Crippen MR) is 117 cm³/mol. The fourth-order valence-corrected chi connectivity index (χ4v) is 3.46. The van der Waals surface area contributed by atoms with Crippen LogP contribution in [0.25, 0.3) is 11.1 Å². The lowest BCUT2D eigenvalue weighted by Crippen LogP contribution is -2.25. The summed E-state index contributed by atoms with van der Waals surface area (Å²) in [6, 6.07) is 19.7. The van der Waals surface area contributed by atoms with E-state index in [0.717, 1.165) is 47.4 Å². The Kier molecular flexibility index (Phi) is 7.50. The van der Waals surface area contributed by atoms with Gasteiger partial charge >= 0.3 is 6.18 Å². The Morgan fingerprint density at radius 1 is 0.774 bits per heavy atom. The van der Waals surface area contributed by atoms with Gasteiger partial charge in [0.1, 0.15) is 5.82 Å². The van der Waals surface area contributed by atoms with Crippen LogP contribution in [0.1, 0.15) is 37.0 Å². The maximum absolute atomic E-state index is 13.2. The standard InChI is InChI=1S/C26H27F4N/c1-19(2)14-15-31(17-20-6-12-25(27)13-7-20)18-21-4-3-5-23(16-21)22-8-10-24(11-9-22)26(28,29)30/h3-13,16,19H,14-15,17-18H2,1-2H3. The molecule has 0 saturated carbocycles. The molecule has 0 radical (unpaired) electrons. The third kappa shape index (κ3) is 6.93. The molecule has 1 nitrogen and oxygen atoms in total. The zero-order valence-corrected chi connectivity index (χ0v) is 17.8. The van der Waals surface area contributed by atoms with Crippen molar-refractivity contribution in [3.05, 3.63) is 95.3 Å². The average molecular weight is 430 g/mol. The van der Waals surface area contributed by atoms with Crippen molar-refractivity contribution in [1.82, 2.24) is 4.90 Å². The quantitative estimate of drug-likeness (QED) is 0.334. The van der Waals surface area contributed by atoms with E-state index in [1.165, 1.54) is 24.3 Å². The highest BCUT2D eigenvalue weighted by molar-refractivity contribution is 5.64. The molecule has 0 bridgehead atoms. The smallest absolute Gasteiger partial charge is 0.295 e. The number of hydrogen-bond donors (Lipinski definition) is 0. The van der Waals surface area contributed by atoms with E-state index < -0.39 is 11.7 Å². The lowest BCUT2D eigenvalue weighted by molar-refractivity contribution is -0.137. The summed E-state index contributed by atoms with van der Waals surface area (Å²) in [5.41, 5.74) is 3.12. The van der Waals surface area contributed by atoms with Crippen LogP contribution in [0, 0.1) is 11.7 Å². The minimum absolute atomic E-state index is 0.248. The Bertz CT molecular complexity index is 960. The van der Waals surface area contributed by atoms with E-state index in [9.17, 15) is 17.6 Å². The molecule has 3 aromatic carbocycles. The summed E-state index contributed by atoms with van der Waals surface area (Å²) in [4.78, 5) is 2.32. The summed E-state index contributed by atoms with van der Waals surface area (Å²) in [5.74, 6) is 0.316. The molecule has 0 aliphatic rings. The van der Waals surface area contributed by atoms with Gasteiger partial charge in [0.2, 0.25) is 0 Å². The van der Waals surface area contributed by atoms with Crippen LogP contribution in [0.4, 0.5) is 17.6 Å². The van der Waals surface area contributed by atoms with E-state index in [4.69, 9.17) is 0 Å². The molecular formula is C26H27F4N. The van der Waals surface area contributed by atoms with Gasteiger partial charge in [-0.2, -0.15) is 13.2 Å². The van der Waals surface area contributed by atoms with Crippen LogP contribution in [0.15, 0.2) is 72.8 Å². The first-order valence-electron chi connectivity index (χ1n) is 10.4.